The number of hydrogen-bond donors (Lipinski definition) is 2. The molecule has 7 nitrogen and oxygen atoms in total. The minimum atomic E-state index is -0.614. The average Bonchev–Trinajstić information content (AvgIpc) is 2.93. The smallest absolute Gasteiger partial charge is 0.255 e. The molecular weight excluding hydrogens is 336 g/mol. The molecule has 2 N–H and O–H groups in total. The highest BCUT2D eigenvalue weighted by Crippen LogP contribution is 2.31. The first kappa shape index (κ1) is 17.0. The summed E-state index contributed by atoms with van der Waals surface area (Å²) in [6.07, 6.45) is 3.53. The molecule has 2 fully saturated rings. The van der Waals surface area contributed by atoms with E-state index in [1.807, 2.05) is 6.07 Å². The molecule has 1 saturated heterocycles. The molecule has 4 rings (SSSR count). The number of hydrogen-bond acceptors (Lipinski definition) is 5. The Kier molecular flexibility index (Phi) is 4.40. The maximum atomic E-state index is 12.7. The van der Waals surface area contributed by atoms with E-state index in [2.05, 4.69) is 5.32 Å². The van der Waals surface area contributed by atoms with Gasteiger partial charge in [-0.05, 0) is 49.4 Å². The first-order chi connectivity index (χ1) is 12.5. The molecule has 7 heteroatoms. The Morgan fingerprint density at radius 1 is 1.12 bits per heavy atom. The highest BCUT2D eigenvalue weighted by Gasteiger charge is 2.39. The maximum Gasteiger partial charge on any atom is 0.255 e. The topological polar surface area (TPSA) is 95.9 Å². The second-order valence-electron chi connectivity index (χ2n) is 7.23. The van der Waals surface area contributed by atoms with Crippen LogP contribution in [0.5, 0.6) is 5.75 Å². The van der Waals surface area contributed by atoms with Crippen LogP contribution in [0.25, 0.3) is 0 Å². The first-order valence-corrected chi connectivity index (χ1v) is 9.15. The van der Waals surface area contributed by atoms with Crippen molar-refractivity contribution in [3.05, 3.63) is 29.3 Å². The van der Waals surface area contributed by atoms with Crippen molar-refractivity contribution < 1.29 is 24.2 Å². The Labute approximate surface area is 151 Å². The minimum absolute atomic E-state index is 0.196. The van der Waals surface area contributed by atoms with Gasteiger partial charge in [0, 0.05) is 18.5 Å². The number of nitrogens with one attached hydrogen (secondary N) is 1. The van der Waals surface area contributed by atoms with Gasteiger partial charge in [-0.2, -0.15) is 0 Å². The number of nitrogens with zero attached hydrogens (tertiary/aromatic N) is 1. The summed E-state index contributed by atoms with van der Waals surface area (Å²) in [5.74, 6) is -0.271. The third-order valence-corrected chi connectivity index (χ3v) is 5.45. The number of benzene rings is 1. The normalized spacial score (nSPS) is 28.7. The molecule has 0 spiro atoms. The van der Waals surface area contributed by atoms with Crippen LogP contribution in [-0.4, -0.2) is 46.0 Å². The lowest BCUT2D eigenvalue weighted by molar-refractivity contribution is -0.136. The Bertz CT molecular complexity index is 762. The van der Waals surface area contributed by atoms with Gasteiger partial charge in [0.05, 0.1) is 6.10 Å². The molecule has 0 bridgehead atoms. The van der Waals surface area contributed by atoms with Crippen molar-refractivity contribution in [3.63, 3.8) is 0 Å². The summed E-state index contributed by atoms with van der Waals surface area (Å²) in [5.41, 5.74) is 1.37. The highest BCUT2D eigenvalue weighted by molar-refractivity contribution is 6.05. The van der Waals surface area contributed by atoms with Crippen molar-refractivity contribution in [1.82, 2.24) is 10.2 Å². The van der Waals surface area contributed by atoms with E-state index in [0.717, 1.165) is 31.2 Å². The van der Waals surface area contributed by atoms with Crippen molar-refractivity contribution in [1.29, 1.82) is 0 Å². The molecule has 1 aliphatic carbocycles. The van der Waals surface area contributed by atoms with Gasteiger partial charge < -0.3 is 14.7 Å². The molecule has 3 aliphatic rings. The molecule has 1 saturated carbocycles. The molecule has 0 radical (unpaired) electrons. The standard InChI is InChI=1S/C19H22N2O5/c22-15-3-1-2-4-16(15)26-12-5-6-13-11(9-12)10-21(19(13)25)14-7-8-17(23)20-18(14)24/h5-6,9,14-16,22H,1-4,7-8,10H2,(H,20,23,24)/t14?,15-,16-/m0/s1. The van der Waals surface area contributed by atoms with Crippen molar-refractivity contribution in [2.24, 2.45) is 0 Å². The summed E-state index contributed by atoms with van der Waals surface area (Å²) in [6, 6.07) is 4.66. The fourth-order valence-electron chi connectivity index (χ4n) is 4.01. The number of ether oxygens (including phenoxy) is 1. The summed E-state index contributed by atoms with van der Waals surface area (Å²) in [7, 11) is 0. The summed E-state index contributed by atoms with van der Waals surface area (Å²) in [6.45, 7) is 0.324. The maximum absolute atomic E-state index is 12.7. The second kappa shape index (κ2) is 6.72. The Hall–Kier alpha value is -2.41. The quantitative estimate of drug-likeness (QED) is 0.790. The third kappa shape index (κ3) is 3.07. The predicted octanol–water partition coefficient (Wildman–Crippen LogP) is 1.13. The zero-order valence-corrected chi connectivity index (χ0v) is 14.4. The fourth-order valence-corrected chi connectivity index (χ4v) is 4.01. The van der Waals surface area contributed by atoms with Crippen LogP contribution in [-0.2, 0) is 16.1 Å². The molecular formula is C19H22N2O5. The molecule has 0 aromatic heterocycles. The van der Waals surface area contributed by atoms with Gasteiger partial charge in [-0.3, -0.25) is 19.7 Å². The molecule has 3 atom stereocenters. The molecule has 2 aliphatic heterocycles. The number of aliphatic hydroxyl groups is 1. The Balaban J connectivity index is 1.49. The van der Waals surface area contributed by atoms with Crippen molar-refractivity contribution in [2.45, 2.75) is 63.3 Å². The first-order valence-electron chi connectivity index (χ1n) is 9.15. The van der Waals surface area contributed by atoms with Crippen LogP contribution in [0.15, 0.2) is 18.2 Å². The van der Waals surface area contributed by atoms with Crippen LogP contribution < -0.4 is 10.1 Å². The van der Waals surface area contributed by atoms with E-state index >= 15 is 0 Å². The van der Waals surface area contributed by atoms with Crippen LogP contribution in [0, 0.1) is 0 Å². The SMILES string of the molecule is O=C1CCC(N2Cc3cc(O[C@H]4CCCC[C@@H]4O)ccc3C2=O)C(=O)N1. The predicted molar refractivity (Wildman–Crippen MR) is 91.4 cm³/mol. The van der Waals surface area contributed by atoms with Crippen LogP contribution in [0.4, 0.5) is 0 Å². The van der Waals surface area contributed by atoms with Gasteiger partial charge in [0.2, 0.25) is 11.8 Å². The molecule has 1 aromatic rings. The molecule has 138 valence electrons. The van der Waals surface area contributed by atoms with Gasteiger partial charge in [-0.15, -0.1) is 0 Å². The van der Waals surface area contributed by atoms with Crippen molar-refractivity contribution in [2.75, 3.05) is 0 Å². The van der Waals surface area contributed by atoms with E-state index in [-0.39, 0.29) is 24.3 Å². The molecule has 3 amide bonds. The zero-order chi connectivity index (χ0) is 18.3. The minimum Gasteiger partial charge on any atom is -0.488 e. The molecule has 26 heavy (non-hydrogen) atoms. The summed E-state index contributed by atoms with van der Waals surface area (Å²) < 4.78 is 5.94. The lowest BCUT2D eigenvalue weighted by atomic mass is 9.95. The molecule has 1 aromatic carbocycles. The van der Waals surface area contributed by atoms with Crippen LogP contribution in [0.3, 0.4) is 0 Å². The van der Waals surface area contributed by atoms with Crippen molar-refractivity contribution >= 4 is 17.7 Å². The van der Waals surface area contributed by atoms with Gasteiger partial charge >= 0.3 is 0 Å². The van der Waals surface area contributed by atoms with Crippen molar-refractivity contribution in [3.8, 4) is 5.75 Å². The Morgan fingerprint density at radius 3 is 2.69 bits per heavy atom. The number of fused-ring (bicyclic) bond motifs is 1. The monoisotopic (exact) mass is 358 g/mol. The van der Waals surface area contributed by atoms with E-state index < -0.39 is 18.1 Å². The van der Waals surface area contributed by atoms with Crippen LogP contribution in [0.1, 0.15) is 54.4 Å². The number of imide groups is 1. The van der Waals surface area contributed by atoms with Gasteiger partial charge in [0.15, 0.2) is 0 Å². The molecule has 2 heterocycles. The number of amides is 3. The number of carbonyl (C=O) groups is 3. The zero-order valence-electron chi connectivity index (χ0n) is 14.4. The van der Waals surface area contributed by atoms with E-state index in [0.29, 0.717) is 24.3 Å². The largest absolute Gasteiger partial charge is 0.488 e. The molecule has 1 unspecified atom stereocenters. The fraction of sp³-hybridized carbons (Fsp3) is 0.526. The average molecular weight is 358 g/mol. The van der Waals surface area contributed by atoms with Crippen LogP contribution in [0.2, 0.25) is 0 Å². The third-order valence-electron chi connectivity index (χ3n) is 5.45. The highest BCUT2D eigenvalue weighted by atomic mass is 16.5. The number of rotatable bonds is 3. The summed E-state index contributed by atoms with van der Waals surface area (Å²) in [5, 5.41) is 12.4. The lowest BCUT2D eigenvalue weighted by Crippen LogP contribution is -2.52. The van der Waals surface area contributed by atoms with Gasteiger partial charge in [0.1, 0.15) is 17.9 Å². The second-order valence-corrected chi connectivity index (χ2v) is 7.23. The number of carbonyl (C=O) groups excluding carboxylic acids is 3. The van der Waals surface area contributed by atoms with Gasteiger partial charge in [-0.25, -0.2) is 0 Å². The van der Waals surface area contributed by atoms with E-state index in [4.69, 9.17) is 4.74 Å². The number of piperidine rings is 1. The lowest BCUT2D eigenvalue weighted by Gasteiger charge is -2.29. The van der Waals surface area contributed by atoms with E-state index in [9.17, 15) is 19.5 Å². The van der Waals surface area contributed by atoms with Crippen LogP contribution >= 0.6 is 0 Å². The van der Waals surface area contributed by atoms with Gasteiger partial charge in [-0.1, -0.05) is 6.42 Å². The number of aliphatic hydroxyl groups excluding tert-OH is 1. The van der Waals surface area contributed by atoms with E-state index in [1.54, 1.807) is 12.1 Å². The summed E-state index contributed by atoms with van der Waals surface area (Å²) in [4.78, 5) is 37.6. The van der Waals surface area contributed by atoms with E-state index in [1.165, 1.54) is 4.90 Å². The summed E-state index contributed by atoms with van der Waals surface area (Å²) >= 11 is 0. The van der Waals surface area contributed by atoms with Gasteiger partial charge in [0.25, 0.3) is 5.91 Å². The Morgan fingerprint density at radius 2 is 1.92 bits per heavy atom.